The van der Waals surface area contributed by atoms with Crippen molar-refractivity contribution in [1.29, 1.82) is 5.26 Å². The Morgan fingerprint density at radius 3 is 2.60 bits per heavy atom. The van der Waals surface area contributed by atoms with E-state index in [0.717, 1.165) is 74.2 Å². The molecule has 9 heteroatoms. The number of aromatic nitrogens is 3. The first-order chi connectivity index (χ1) is 16.8. The number of piperazine rings is 1. The van der Waals surface area contributed by atoms with Crippen LogP contribution in [-0.4, -0.2) is 70.8 Å². The summed E-state index contributed by atoms with van der Waals surface area (Å²) >= 11 is 0. The normalized spacial score (nSPS) is 18.8. The van der Waals surface area contributed by atoms with Crippen molar-refractivity contribution in [2.24, 2.45) is 0 Å². The highest BCUT2D eigenvalue weighted by molar-refractivity contribution is 5.93. The lowest BCUT2D eigenvalue weighted by Gasteiger charge is -2.35. The maximum absolute atomic E-state index is 13.0. The molecule has 1 amide bonds. The number of nitrogens with zero attached hydrogens (tertiary/aromatic N) is 6. The molecule has 0 bridgehead atoms. The largest absolute Gasteiger partial charge is 0.376 e. The van der Waals surface area contributed by atoms with Crippen molar-refractivity contribution in [2.75, 3.05) is 49.5 Å². The molecule has 0 aromatic carbocycles. The molecule has 2 aliphatic rings. The van der Waals surface area contributed by atoms with Crippen molar-refractivity contribution >= 4 is 17.5 Å². The van der Waals surface area contributed by atoms with Crippen LogP contribution in [0.2, 0.25) is 0 Å². The molecule has 2 aromatic rings. The van der Waals surface area contributed by atoms with Gasteiger partial charge in [0.1, 0.15) is 23.5 Å². The first-order valence-electron chi connectivity index (χ1n) is 12.6. The highest BCUT2D eigenvalue weighted by Gasteiger charge is 2.26. The van der Waals surface area contributed by atoms with Crippen LogP contribution >= 0.6 is 0 Å². The van der Waals surface area contributed by atoms with Crippen molar-refractivity contribution in [2.45, 2.75) is 66.0 Å². The molecule has 0 saturated carbocycles. The maximum Gasteiger partial charge on any atom is 0.239 e. The Balaban J connectivity index is 1.39. The zero-order valence-electron chi connectivity index (χ0n) is 21.6. The third-order valence-electron chi connectivity index (χ3n) is 7.05. The summed E-state index contributed by atoms with van der Waals surface area (Å²) in [4.78, 5) is 26.8. The van der Waals surface area contributed by atoms with Crippen molar-refractivity contribution in [1.82, 2.24) is 19.4 Å². The fourth-order valence-corrected chi connectivity index (χ4v) is 4.85. The van der Waals surface area contributed by atoms with E-state index >= 15 is 0 Å². The van der Waals surface area contributed by atoms with Gasteiger partial charge in [-0.3, -0.25) is 9.69 Å². The Morgan fingerprint density at radius 1 is 1.23 bits per heavy atom. The number of hydrogen-bond acceptors (Lipinski definition) is 7. The first-order valence-corrected chi connectivity index (χ1v) is 12.6. The molecule has 9 nitrogen and oxygen atoms in total. The van der Waals surface area contributed by atoms with Crippen LogP contribution in [0.4, 0.5) is 11.6 Å². The van der Waals surface area contributed by atoms with Gasteiger partial charge >= 0.3 is 0 Å². The molecule has 2 aliphatic heterocycles. The summed E-state index contributed by atoms with van der Waals surface area (Å²) in [5.74, 6) is 2.61. The fraction of sp³-hybridized carbons (Fsp3) is 0.615. The van der Waals surface area contributed by atoms with E-state index in [1.807, 2.05) is 31.4 Å². The number of hydrogen-bond donors (Lipinski definition) is 1. The van der Waals surface area contributed by atoms with E-state index in [4.69, 9.17) is 9.72 Å². The van der Waals surface area contributed by atoms with Crippen LogP contribution in [0.5, 0.6) is 0 Å². The van der Waals surface area contributed by atoms with Crippen LogP contribution in [0.1, 0.15) is 60.9 Å². The van der Waals surface area contributed by atoms with Gasteiger partial charge in [0.25, 0.3) is 0 Å². The Morgan fingerprint density at radius 2 is 1.97 bits per heavy atom. The number of aryl methyl sites for hydroxylation is 1. The number of ether oxygens (including phenoxy) is 1. The SMILES string of the molecule is Cc1cc(N2CCN(CC(=O)Nc3c(C#N)c(C)c(C)n3C[C@@H]3CCCO3)CC2)nc(C(C)C)n1. The zero-order valence-corrected chi connectivity index (χ0v) is 21.6. The Labute approximate surface area is 208 Å². The van der Waals surface area contributed by atoms with Gasteiger partial charge in [-0.05, 0) is 39.2 Å². The molecule has 2 aromatic heterocycles. The second kappa shape index (κ2) is 10.8. The minimum atomic E-state index is -0.0963. The molecule has 2 saturated heterocycles. The number of amides is 1. The molecule has 4 heterocycles. The third-order valence-corrected chi connectivity index (χ3v) is 7.05. The Hall–Kier alpha value is -2.96. The second-order valence-electron chi connectivity index (χ2n) is 9.98. The second-order valence-corrected chi connectivity index (χ2v) is 9.98. The predicted octanol–water partition coefficient (Wildman–Crippen LogP) is 3.14. The zero-order chi connectivity index (χ0) is 25.1. The van der Waals surface area contributed by atoms with E-state index in [0.29, 0.717) is 24.5 Å². The molecule has 2 fully saturated rings. The molecule has 4 rings (SSSR count). The van der Waals surface area contributed by atoms with Gasteiger partial charge in [-0.2, -0.15) is 5.26 Å². The average Bonchev–Trinajstić information content (AvgIpc) is 3.42. The summed E-state index contributed by atoms with van der Waals surface area (Å²) < 4.78 is 7.86. The molecule has 1 atom stereocenters. The number of rotatable bonds is 7. The van der Waals surface area contributed by atoms with Crippen molar-refractivity contribution < 1.29 is 9.53 Å². The molecule has 0 unspecified atom stereocenters. The predicted molar refractivity (Wildman–Crippen MR) is 136 cm³/mol. The van der Waals surface area contributed by atoms with E-state index in [2.05, 4.69) is 40.0 Å². The van der Waals surface area contributed by atoms with Gasteiger partial charge in [0.2, 0.25) is 5.91 Å². The van der Waals surface area contributed by atoms with Crippen molar-refractivity contribution in [3.8, 4) is 6.07 Å². The van der Waals surface area contributed by atoms with E-state index < -0.39 is 0 Å². The van der Waals surface area contributed by atoms with Gasteiger partial charge in [0.15, 0.2) is 0 Å². The van der Waals surface area contributed by atoms with E-state index in [9.17, 15) is 10.1 Å². The highest BCUT2D eigenvalue weighted by Crippen LogP contribution is 2.28. The molecule has 35 heavy (non-hydrogen) atoms. The van der Waals surface area contributed by atoms with Gasteiger partial charge in [0, 0.05) is 56.2 Å². The van der Waals surface area contributed by atoms with Gasteiger partial charge in [0.05, 0.1) is 24.8 Å². The standard InChI is InChI=1S/C26H37N7O2/c1-17(2)25-28-18(3)13-23(29-25)32-10-8-31(9-11-32)16-24(34)30-26-22(14-27)19(4)20(5)33(26)15-21-7-6-12-35-21/h13,17,21H,6-12,15-16H2,1-5H3,(H,30,34)/t21-/m0/s1. The molecule has 0 spiro atoms. The lowest BCUT2D eigenvalue weighted by atomic mass is 10.2. The fourth-order valence-electron chi connectivity index (χ4n) is 4.85. The van der Waals surface area contributed by atoms with Gasteiger partial charge < -0.3 is 19.5 Å². The summed E-state index contributed by atoms with van der Waals surface area (Å²) in [7, 11) is 0. The molecule has 188 valence electrons. The van der Waals surface area contributed by atoms with E-state index in [1.165, 1.54) is 0 Å². The number of nitrogens with one attached hydrogen (secondary N) is 1. The summed E-state index contributed by atoms with van der Waals surface area (Å²) in [6.07, 6.45) is 2.18. The molecular formula is C26H37N7O2. The van der Waals surface area contributed by atoms with Gasteiger partial charge in [-0.15, -0.1) is 0 Å². The number of carbonyl (C=O) groups is 1. The lowest BCUT2D eigenvalue weighted by molar-refractivity contribution is -0.117. The van der Waals surface area contributed by atoms with Crippen molar-refractivity contribution in [3.05, 3.63) is 34.4 Å². The molecule has 0 aliphatic carbocycles. The van der Waals surface area contributed by atoms with E-state index in [1.54, 1.807) is 0 Å². The molecule has 1 N–H and O–H groups in total. The van der Waals surface area contributed by atoms with Crippen LogP contribution in [0.25, 0.3) is 0 Å². The summed E-state index contributed by atoms with van der Waals surface area (Å²) in [5, 5.41) is 12.8. The van der Waals surface area contributed by atoms with Crippen LogP contribution in [0.15, 0.2) is 6.07 Å². The Bertz CT molecular complexity index is 1100. The third kappa shape index (κ3) is 5.65. The smallest absolute Gasteiger partial charge is 0.239 e. The topological polar surface area (TPSA) is 99.3 Å². The van der Waals surface area contributed by atoms with Gasteiger partial charge in [-0.1, -0.05) is 13.8 Å². The Kier molecular flexibility index (Phi) is 7.72. The minimum Gasteiger partial charge on any atom is -0.376 e. The number of anilines is 2. The quantitative estimate of drug-likeness (QED) is 0.651. The van der Waals surface area contributed by atoms with Crippen LogP contribution in [-0.2, 0) is 16.1 Å². The number of carbonyl (C=O) groups excluding carboxylic acids is 1. The average molecular weight is 480 g/mol. The van der Waals surface area contributed by atoms with E-state index in [-0.39, 0.29) is 17.9 Å². The van der Waals surface area contributed by atoms with Gasteiger partial charge in [-0.25, -0.2) is 9.97 Å². The molecular weight excluding hydrogens is 442 g/mol. The molecule has 0 radical (unpaired) electrons. The monoisotopic (exact) mass is 479 g/mol. The summed E-state index contributed by atoms with van der Waals surface area (Å²) in [6, 6.07) is 4.32. The van der Waals surface area contributed by atoms with Crippen LogP contribution in [0, 0.1) is 32.1 Å². The summed E-state index contributed by atoms with van der Waals surface area (Å²) in [5.41, 5.74) is 3.43. The highest BCUT2D eigenvalue weighted by atomic mass is 16.5. The minimum absolute atomic E-state index is 0.0963. The maximum atomic E-state index is 13.0. The van der Waals surface area contributed by atoms with Crippen LogP contribution < -0.4 is 10.2 Å². The van der Waals surface area contributed by atoms with Crippen molar-refractivity contribution in [3.63, 3.8) is 0 Å². The van der Waals surface area contributed by atoms with Crippen LogP contribution in [0.3, 0.4) is 0 Å². The number of nitriles is 1. The first kappa shape index (κ1) is 25.1. The lowest BCUT2D eigenvalue weighted by Crippen LogP contribution is -2.49. The summed E-state index contributed by atoms with van der Waals surface area (Å²) in [6.45, 7) is 15.0.